The first-order valence-corrected chi connectivity index (χ1v) is 7.76. The largest absolute Gasteiger partial charge is 0.331 e. The Morgan fingerprint density at radius 1 is 1.32 bits per heavy atom. The highest BCUT2D eigenvalue weighted by atomic mass is 79.9. The van der Waals surface area contributed by atoms with E-state index in [2.05, 4.69) is 15.9 Å². The molecule has 1 amide bonds. The third-order valence-electron chi connectivity index (χ3n) is 3.90. The first-order valence-electron chi connectivity index (χ1n) is 6.59. The maximum Gasteiger partial charge on any atom is 0.223 e. The van der Waals surface area contributed by atoms with Crippen molar-refractivity contribution in [3.63, 3.8) is 0 Å². The van der Waals surface area contributed by atoms with Gasteiger partial charge in [-0.25, -0.2) is 0 Å². The molecule has 102 valence electrons. The van der Waals surface area contributed by atoms with Crippen molar-refractivity contribution in [3.05, 3.63) is 33.3 Å². The van der Waals surface area contributed by atoms with Crippen molar-refractivity contribution in [1.82, 2.24) is 4.90 Å². The second kappa shape index (κ2) is 5.08. The lowest BCUT2D eigenvalue weighted by Gasteiger charge is -2.40. The zero-order valence-electron chi connectivity index (χ0n) is 10.5. The van der Waals surface area contributed by atoms with Gasteiger partial charge in [0, 0.05) is 28.0 Å². The molecule has 1 heterocycles. The van der Waals surface area contributed by atoms with Crippen molar-refractivity contribution in [2.24, 2.45) is 5.73 Å². The molecule has 3 rings (SSSR count). The van der Waals surface area contributed by atoms with E-state index in [1.807, 2.05) is 23.1 Å². The van der Waals surface area contributed by atoms with Crippen LogP contribution in [0, 0.1) is 0 Å². The maximum absolute atomic E-state index is 12.2. The number of rotatable bonds is 2. The molecule has 1 aromatic rings. The fraction of sp³-hybridized carbons (Fsp3) is 0.500. The van der Waals surface area contributed by atoms with Gasteiger partial charge in [-0.05, 0) is 43.0 Å². The van der Waals surface area contributed by atoms with Crippen LogP contribution in [0.25, 0.3) is 0 Å². The monoisotopic (exact) mass is 342 g/mol. The SMILES string of the molecule is NC1CCC(=O)N(C2CC2)C1c1cc(Br)ccc1Cl. The molecule has 3 nitrogen and oxygen atoms in total. The average Bonchev–Trinajstić information content (AvgIpc) is 3.19. The zero-order valence-corrected chi connectivity index (χ0v) is 12.8. The van der Waals surface area contributed by atoms with Crippen LogP contribution >= 0.6 is 27.5 Å². The summed E-state index contributed by atoms with van der Waals surface area (Å²) in [4.78, 5) is 14.2. The van der Waals surface area contributed by atoms with Gasteiger partial charge in [-0.2, -0.15) is 0 Å². The van der Waals surface area contributed by atoms with E-state index >= 15 is 0 Å². The number of benzene rings is 1. The number of likely N-dealkylation sites (tertiary alicyclic amines) is 1. The van der Waals surface area contributed by atoms with Gasteiger partial charge in [0.25, 0.3) is 0 Å². The Bertz CT molecular complexity index is 518. The summed E-state index contributed by atoms with van der Waals surface area (Å²) >= 11 is 9.79. The van der Waals surface area contributed by atoms with Gasteiger partial charge >= 0.3 is 0 Å². The molecule has 0 bridgehead atoms. The Morgan fingerprint density at radius 2 is 2.05 bits per heavy atom. The molecule has 1 saturated carbocycles. The van der Waals surface area contributed by atoms with Crippen LogP contribution in [0.4, 0.5) is 0 Å². The molecule has 2 atom stereocenters. The summed E-state index contributed by atoms with van der Waals surface area (Å²) in [5.74, 6) is 0.213. The van der Waals surface area contributed by atoms with Gasteiger partial charge in [0.1, 0.15) is 0 Å². The molecule has 0 radical (unpaired) electrons. The molecular weight excluding hydrogens is 328 g/mol. The van der Waals surface area contributed by atoms with Gasteiger partial charge in [0.15, 0.2) is 0 Å². The van der Waals surface area contributed by atoms with Crippen LogP contribution in [-0.2, 0) is 4.79 Å². The van der Waals surface area contributed by atoms with E-state index in [1.54, 1.807) is 0 Å². The van der Waals surface area contributed by atoms with Crippen LogP contribution in [0.15, 0.2) is 22.7 Å². The number of piperidine rings is 1. The van der Waals surface area contributed by atoms with E-state index in [1.165, 1.54) is 0 Å². The number of nitrogens with two attached hydrogens (primary N) is 1. The molecule has 1 aromatic carbocycles. The number of hydrogen-bond donors (Lipinski definition) is 1. The molecule has 1 saturated heterocycles. The van der Waals surface area contributed by atoms with E-state index in [4.69, 9.17) is 17.3 Å². The molecule has 2 unspecified atom stereocenters. The van der Waals surface area contributed by atoms with Gasteiger partial charge in [-0.1, -0.05) is 27.5 Å². The van der Waals surface area contributed by atoms with E-state index in [0.717, 1.165) is 29.3 Å². The van der Waals surface area contributed by atoms with Crippen molar-refractivity contribution >= 4 is 33.4 Å². The van der Waals surface area contributed by atoms with E-state index in [-0.39, 0.29) is 18.0 Å². The normalized spacial score (nSPS) is 27.7. The predicted octanol–water partition coefficient (Wildman–Crippen LogP) is 3.26. The Hall–Kier alpha value is -0.580. The number of nitrogens with zero attached hydrogens (tertiary/aromatic N) is 1. The van der Waals surface area contributed by atoms with Crippen molar-refractivity contribution in [2.75, 3.05) is 0 Å². The van der Waals surface area contributed by atoms with E-state index < -0.39 is 0 Å². The number of amides is 1. The van der Waals surface area contributed by atoms with Crippen LogP contribution in [0.3, 0.4) is 0 Å². The zero-order chi connectivity index (χ0) is 13.6. The van der Waals surface area contributed by atoms with Gasteiger partial charge in [0.05, 0.1) is 6.04 Å². The quantitative estimate of drug-likeness (QED) is 0.896. The Labute approximate surface area is 126 Å². The van der Waals surface area contributed by atoms with Gasteiger partial charge in [0.2, 0.25) is 5.91 Å². The third-order valence-corrected chi connectivity index (χ3v) is 4.74. The Balaban J connectivity index is 2.02. The first kappa shape index (κ1) is 13.4. The lowest BCUT2D eigenvalue weighted by molar-refractivity contribution is -0.138. The number of halogens is 2. The number of carbonyl (C=O) groups is 1. The molecule has 19 heavy (non-hydrogen) atoms. The minimum absolute atomic E-state index is 0.0369. The number of hydrogen-bond acceptors (Lipinski definition) is 2. The smallest absolute Gasteiger partial charge is 0.223 e. The van der Waals surface area contributed by atoms with Crippen LogP contribution in [0.1, 0.15) is 37.3 Å². The summed E-state index contributed by atoms with van der Waals surface area (Å²) in [6.45, 7) is 0. The van der Waals surface area contributed by atoms with Crippen LogP contribution in [0.2, 0.25) is 5.02 Å². The van der Waals surface area contributed by atoms with Crippen molar-refractivity contribution < 1.29 is 4.79 Å². The second-order valence-electron chi connectivity index (χ2n) is 5.35. The minimum Gasteiger partial charge on any atom is -0.331 e. The van der Waals surface area contributed by atoms with Crippen molar-refractivity contribution in [3.8, 4) is 0 Å². The van der Waals surface area contributed by atoms with Crippen molar-refractivity contribution in [2.45, 2.75) is 43.8 Å². The summed E-state index contributed by atoms with van der Waals surface area (Å²) in [6.07, 6.45) is 3.45. The minimum atomic E-state index is -0.0845. The van der Waals surface area contributed by atoms with Crippen LogP contribution in [-0.4, -0.2) is 22.9 Å². The Morgan fingerprint density at radius 3 is 2.74 bits per heavy atom. The Kier molecular flexibility index (Phi) is 3.58. The third kappa shape index (κ3) is 2.54. The lowest BCUT2D eigenvalue weighted by Crippen LogP contribution is -2.49. The summed E-state index contributed by atoms with van der Waals surface area (Å²) in [5, 5.41) is 0.684. The standard InChI is InChI=1S/C14H16BrClN2O/c15-8-1-4-11(16)10(7-8)14-12(17)5-6-13(19)18(14)9-2-3-9/h1,4,7,9,12,14H,2-3,5-6,17H2. The maximum atomic E-state index is 12.2. The van der Waals surface area contributed by atoms with Crippen LogP contribution < -0.4 is 5.73 Å². The van der Waals surface area contributed by atoms with Gasteiger partial charge in [-0.3, -0.25) is 4.79 Å². The predicted molar refractivity (Wildman–Crippen MR) is 79.0 cm³/mol. The van der Waals surface area contributed by atoms with Gasteiger partial charge < -0.3 is 10.6 Å². The van der Waals surface area contributed by atoms with Crippen LogP contribution in [0.5, 0.6) is 0 Å². The summed E-state index contributed by atoms with van der Waals surface area (Å²) in [6, 6.07) is 5.99. The summed E-state index contributed by atoms with van der Waals surface area (Å²) < 4.78 is 0.966. The topological polar surface area (TPSA) is 46.3 Å². The molecule has 2 fully saturated rings. The highest BCUT2D eigenvalue weighted by Crippen LogP contribution is 2.42. The molecule has 2 aliphatic rings. The second-order valence-corrected chi connectivity index (χ2v) is 6.67. The van der Waals surface area contributed by atoms with E-state index in [0.29, 0.717) is 17.5 Å². The highest BCUT2D eigenvalue weighted by Gasteiger charge is 2.43. The van der Waals surface area contributed by atoms with E-state index in [9.17, 15) is 4.79 Å². The lowest BCUT2D eigenvalue weighted by atomic mass is 9.90. The molecule has 2 N–H and O–H groups in total. The fourth-order valence-corrected chi connectivity index (χ4v) is 3.45. The number of carbonyl (C=O) groups excluding carboxylic acids is 1. The molecule has 0 spiro atoms. The van der Waals surface area contributed by atoms with Gasteiger partial charge in [-0.15, -0.1) is 0 Å². The average molecular weight is 344 g/mol. The summed E-state index contributed by atoms with van der Waals surface area (Å²) in [5.41, 5.74) is 7.24. The molecule has 5 heteroatoms. The molecular formula is C14H16BrClN2O. The highest BCUT2D eigenvalue weighted by molar-refractivity contribution is 9.10. The summed E-state index contributed by atoms with van der Waals surface area (Å²) in [7, 11) is 0. The molecule has 1 aliphatic carbocycles. The first-order chi connectivity index (χ1) is 9.08. The molecule has 0 aromatic heterocycles. The van der Waals surface area contributed by atoms with Crippen molar-refractivity contribution in [1.29, 1.82) is 0 Å². The fourth-order valence-electron chi connectivity index (χ4n) is 2.84. The molecule has 1 aliphatic heterocycles.